The zero-order valence-corrected chi connectivity index (χ0v) is 14.4. The zero-order chi connectivity index (χ0) is 17.6. The van der Waals surface area contributed by atoms with E-state index in [4.69, 9.17) is 16.3 Å². The number of nitrogens with one attached hydrogen (secondary N) is 1. The third-order valence-electron chi connectivity index (χ3n) is 3.65. The Labute approximate surface area is 150 Å². The summed E-state index contributed by atoms with van der Waals surface area (Å²) in [5.74, 6) is 0.286. The number of aromatic nitrogens is 3. The number of anilines is 1. The monoisotopic (exact) mass is 356 g/mol. The van der Waals surface area contributed by atoms with Gasteiger partial charge in [-0.25, -0.2) is 0 Å². The molecule has 0 bridgehead atoms. The van der Waals surface area contributed by atoms with Crippen molar-refractivity contribution in [2.75, 3.05) is 11.9 Å². The summed E-state index contributed by atoms with van der Waals surface area (Å²) in [5.41, 5.74) is 2.54. The molecule has 0 spiro atoms. The van der Waals surface area contributed by atoms with Crippen LogP contribution in [0.5, 0.6) is 5.75 Å². The van der Waals surface area contributed by atoms with Crippen molar-refractivity contribution in [1.29, 1.82) is 0 Å². The zero-order valence-electron chi connectivity index (χ0n) is 13.6. The highest BCUT2D eigenvalue weighted by atomic mass is 35.5. The van der Waals surface area contributed by atoms with Gasteiger partial charge in [0.2, 0.25) is 0 Å². The van der Waals surface area contributed by atoms with Gasteiger partial charge in [-0.05, 0) is 36.2 Å². The fourth-order valence-electron chi connectivity index (χ4n) is 2.42. The van der Waals surface area contributed by atoms with Gasteiger partial charge in [-0.15, -0.1) is 10.2 Å². The van der Waals surface area contributed by atoms with Crippen LogP contribution in [-0.2, 0) is 11.2 Å². The third-order valence-corrected chi connectivity index (χ3v) is 3.88. The summed E-state index contributed by atoms with van der Waals surface area (Å²) in [5, 5.41) is 11.0. The molecule has 1 N–H and O–H groups in total. The standard InChI is InChI=1S/C18H17ClN4O2/c1-2-13-5-3-4-6-15(13)22-18(24)10-25-17-8-7-14(19)9-16(17)23-11-20-21-12-23/h3-9,11-12H,2,10H2,1H3,(H,22,24). The van der Waals surface area contributed by atoms with Crippen LogP contribution in [0.1, 0.15) is 12.5 Å². The van der Waals surface area contributed by atoms with Crippen molar-refractivity contribution in [3.63, 3.8) is 0 Å². The quantitative estimate of drug-likeness (QED) is 0.734. The van der Waals surface area contributed by atoms with Crippen LogP contribution >= 0.6 is 11.6 Å². The van der Waals surface area contributed by atoms with Crippen LogP contribution in [0.2, 0.25) is 5.02 Å². The van der Waals surface area contributed by atoms with Gasteiger partial charge in [0, 0.05) is 10.7 Å². The SMILES string of the molecule is CCc1ccccc1NC(=O)COc1ccc(Cl)cc1-n1cnnc1. The van der Waals surface area contributed by atoms with Crippen LogP contribution in [0.3, 0.4) is 0 Å². The molecular formula is C18H17ClN4O2. The lowest BCUT2D eigenvalue weighted by atomic mass is 10.1. The highest BCUT2D eigenvalue weighted by Crippen LogP contribution is 2.26. The molecule has 3 aromatic rings. The Hall–Kier alpha value is -2.86. The number of ether oxygens (including phenoxy) is 1. The number of carbonyl (C=O) groups excluding carboxylic acids is 1. The molecule has 6 nitrogen and oxygen atoms in total. The van der Waals surface area contributed by atoms with E-state index in [9.17, 15) is 4.79 Å². The van der Waals surface area contributed by atoms with E-state index in [2.05, 4.69) is 15.5 Å². The molecule has 0 aliphatic carbocycles. The minimum absolute atomic E-state index is 0.116. The number of halogens is 1. The molecule has 0 aliphatic heterocycles. The first kappa shape index (κ1) is 17.0. The third kappa shape index (κ3) is 4.16. The predicted octanol–water partition coefficient (Wildman–Crippen LogP) is 3.50. The Balaban J connectivity index is 1.70. The van der Waals surface area contributed by atoms with Crippen LogP contribution in [-0.4, -0.2) is 27.3 Å². The number of aryl methyl sites for hydroxylation is 1. The molecule has 1 aromatic heterocycles. The molecule has 1 heterocycles. The molecule has 0 saturated heterocycles. The van der Waals surface area contributed by atoms with Crippen LogP contribution in [0.25, 0.3) is 5.69 Å². The van der Waals surface area contributed by atoms with Crippen LogP contribution in [0.15, 0.2) is 55.1 Å². The van der Waals surface area contributed by atoms with Gasteiger partial charge in [0.1, 0.15) is 18.4 Å². The second-order valence-corrected chi connectivity index (χ2v) is 5.77. The maximum atomic E-state index is 12.2. The summed E-state index contributed by atoms with van der Waals surface area (Å²) in [7, 11) is 0. The Morgan fingerprint density at radius 1 is 1.20 bits per heavy atom. The normalized spacial score (nSPS) is 10.5. The largest absolute Gasteiger partial charge is 0.482 e. The molecule has 0 aliphatic rings. The average Bonchev–Trinajstić information content (AvgIpc) is 3.15. The lowest BCUT2D eigenvalue weighted by Crippen LogP contribution is -2.21. The fraction of sp³-hybridized carbons (Fsp3) is 0.167. The molecule has 0 radical (unpaired) electrons. The van der Waals surface area contributed by atoms with Gasteiger partial charge in [-0.2, -0.15) is 0 Å². The van der Waals surface area contributed by atoms with E-state index in [1.165, 1.54) is 12.7 Å². The number of carbonyl (C=O) groups is 1. The first-order valence-electron chi connectivity index (χ1n) is 7.82. The minimum Gasteiger partial charge on any atom is -0.482 e. The van der Waals surface area contributed by atoms with E-state index in [0.717, 1.165) is 17.7 Å². The molecule has 2 aromatic carbocycles. The van der Waals surface area contributed by atoms with E-state index in [1.54, 1.807) is 22.8 Å². The van der Waals surface area contributed by atoms with Gasteiger partial charge in [0.25, 0.3) is 5.91 Å². The van der Waals surface area contributed by atoms with Crippen molar-refractivity contribution in [3.8, 4) is 11.4 Å². The summed E-state index contributed by atoms with van der Waals surface area (Å²) in [6.07, 6.45) is 3.92. The number of hydrogen-bond donors (Lipinski definition) is 1. The van der Waals surface area contributed by atoms with Gasteiger partial charge in [-0.1, -0.05) is 36.7 Å². The maximum absolute atomic E-state index is 12.2. The Morgan fingerprint density at radius 2 is 1.96 bits per heavy atom. The Kier molecular flexibility index (Phi) is 5.30. The topological polar surface area (TPSA) is 69.0 Å². The second kappa shape index (κ2) is 7.81. The summed E-state index contributed by atoms with van der Waals surface area (Å²) >= 11 is 6.05. The van der Waals surface area contributed by atoms with Crippen molar-refractivity contribution >= 4 is 23.2 Å². The maximum Gasteiger partial charge on any atom is 0.262 e. The van der Waals surface area contributed by atoms with Crippen LogP contribution < -0.4 is 10.1 Å². The highest BCUT2D eigenvalue weighted by molar-refractivity contribution is 6.30. The van der Waals surface area contributed by atoms with Gasteiger partial charge >= 0.3 is 0 Å². The molecular weight excluding hydrogens is 340 g/mol. The first-order chi connectivity index (χ1) is 12.2. The van der Waals surface area contributed by atoms with Crippen molar-refractivity contribution < 1.29 is 9.53 Å². The molecule has 128 valence electrons. The number of hydrogen-bond acceptors (Lipinski definition) is 4. The van der Waals surface area contributed by atoms with E-state index in [-0.39, 0.29) is 12.5 Å². The molecule has 0 fully saturated rings. The highest BCUT2D eigenvalue weighted by Gasteiger charge is 2.11. The number of amides is 1. The number of nitrogens with zero attached hydrogens (tertiary/aromatic N) is 3. The molecule has 25 heavy (non-hydrogen) atoms. The summed E-state index contributed by atoms with van der Waals surface area (Å²) in [6.45, 7) is 1.93. The lowest BCUT2D eigenvalue weighted by molar-refractivity contribution is -0.118. The molecule has 0 saturated carbocycles. The van der Waals surface area contributed by atoms with Crippen molar-refractivity contribution in [2.24, 2.45) is 0 Å². The van der Waals surface area contributed by atoms with Crippen molar-refractivity contribution in [1.82, 2.24) is 14.8 Å². The number of benzene rings is 2. The van der Waals surface area contributed by atoms with E-state index in [1.807, 2.05) is 31.2 Å². The fourth-order valence-corrected chi connectivity index (χ4v) is 2.59. The van der Waals surface area contributed by atoms with Crippen molar-refractivity contribution in [3.05, 3.63) is 65.7 Å². The predicted molar refractivity (Wildman–Crippen MR) is 96.3 cm³/mol. The summed E-state index contributed by atoms with van der Waals surface area (Å²) in [6, 6.07) is 12.8. The lowest BCUT2D eigenvalue weighted by Gasteiger charge is -2.13. The van der Waals surface area contributed by atoms with Gasteiger partial charge in [0.15, 0.2) is 6.61 Å². The summed E-state index contributed by atoms with van der Waals surface area (Å²) < 4.78 is 7.35. The Morgan fingerprint density at radius 3 is 2.72 bits per heavy atom. The van der Waals surface area contributed by atoms with Gasteiger partial charge in [-0.3, -0.25) is 9.36 Å². The first-order valence-corrected chi connectivity index (χ1v) is 8.20. The number of para-hydroxylation sites is 1. The van der Waals surface area contributed by atoms with E-state index >= 15 is 0 Å². The minimum atomic E-state index is -0.231. The van der Waals surface area contributed by atoms with E-state index < -0.39 is 0 Å². The molecule has 3 rings (SSSR count). The van der Waals surface area contributed by atoms with Crippen molar-refractivity contribution in [2.45, 2.75) is 13.3 Å². The van der Waals surface area contributed by atoms with Crippen LogP contribution in [0.4, 0.5) is 5.69 Å². The molecule has 1 amide bonds. The Bertz CT molecular complexity index is 865. The molecule has 7 heteroatoms. The van der Waals surface area contributed by atoms with E-state index in [0.29, 0.717) is 16.5 Å². The number of rotatable bonds is 6. The van der Waals surface area contributed by atoms with Gasteiger partial charge in [0.05, 0.1) is 5.69 Å². The summed E-state index contributed by atoms with van der Waals surface area (Å²) in [4.78, 5) is 12.2. The van der Waals surface area contributed by atoms with Gasteiger partial charge < -0.3 is 10.1 Å². The molecule has 0 atom stereocenters. The second-order valence-electron chi connectivity index (χ2n) is 5.33. The molecule has 0 unspecified atom stereocenters. The average molecular weight is 357 g/mol. The van der Waals surface area contributed by atoms with Crippen LogP contribution in [0, 0.1) is 0 Å². The smallest absolute Gasteiger partial charge is 0.262 e.